The van der Waals surface area contributed by atoms with Crippen LogP contribution in [0, 0.1) is 0 Å². The molecule has 2 aliphatic rings. The summed E-state index contributed by atoms with van der Waals surface area (Å²) in [5.74, 6) is 1.10. The number of carbonyl (C=O) groups excluding carboxylic acids is 2. The van der Waals surface area contributed by atoms with Crippen molar-refractivity contribution >= 4 is 23.3 Å². The molecule has 180 valence electrons. The summed E-state index contributed by atoms with van der Waals surface area (Å²) in [5, 5.41) is 5.79. The molecule has 3 amide bonds. The molecule has 0 bridgehead atoms. The molecule has 1 aliphatic heterocycles. The van der Waals surface area contributed by atoms with Gasteiger partial charge in [-0.1, -0.05) is 50.2 Å². The summed E-state index contributed by atoms with van der Waals surface area (Å²) in [5.41, 5.74) is 6.04. The van der Waals surface area contributed by atoms with E-state index in [4.69, 9.17) is 4.74 Å². The van der Waals surface area contributed by atoms with Gasteiger partial charge in [0, 0.05) is 16.9 Å². The monoisotopic (exact) mass is 469 g/mol. The fourth-order valence-corrected chi connectivity index (χ4v) is 5.00. The maximum Gasteiger partial charge on any atom is 0.323 e. The molecule has 0 radical (unpaired) electrons. The zero-order chi connectivity index (χ0) is 24.4. The highest BCUT2D eigenvalue weighted by Gasteiger charge is 2.32. The highest BCUT2D eigenvalue weighted by Crippen LogP contribution is 2.37. The lowest BCUT2D eigenvalue weighted by molar-refractivity contribution is -0.136. The summed E-state index contributed by atoms with van der Waals surface area (Å²) in [6, 6.07) is 21.5. The minimum atomic E-state index is -0.314. The molecule has 0 spiro atoms. The first kappa shape index (κ1) is 23.0. The number of nitrogens with zero attached hydrogens (tertiary/aromatic N) is 1. The summed E-state index contributed by atoms with van der Waals surface area (Å²) in [7, 11) is 0. The van der Waals surface area contributed by atoms with Gasteiger partial charge in [0.2, 0.25) is 0 Å². The second-order valence-corrected chi connectivity index (χ2v) is 9.60. The van der Waals surface area contributed by atoms with Crippen LogP contribution in [-0.2, 0) is 17.8 Å². The first-order valence-electron chi connectivity index (χ1n) is 12.3. The number of amides is 3. The first-order valence-corrected chi connectivity index (χ1v) is 12.3. The van der Waals surface area contributed by atoms with E-state index >= 15 is 0 Å². The van der Waals surface area contributed by atoms with E-state index < -0.39 is 0 Å². The number of carbonyl (C=O) groups is 2. The molecule has 1 unspecified atom stereocenters. The third kappa shape index (κ3) is 5.02. The van der Waals surface area contributed by atoms with Gasteiger partial charge in [-0.3, -0.25) is 4.79 Å². The predicted octanol–water partition coefficient (Wildman–Crippen LogP) is 6.25. The largest absolute Gasteiger partial charge is 0.483 e. The standard InChI is InChI=1S/C29H31N3O3/c1-19(2)20-10-12-23(13-11-20)30-29(34)31-24-14-15-27-22(16-24)17-32(28(33)18-35-27)26-9-5-7-21-6-3-4-8-25(21)26/h3-4,6,8,10-16,19,26H,5,7,9,17-18H2,1-2H3,(H2,30,31,34). The number of fused-ring (bicyclic) bond motifs is 2. The number of hydrogen-bond acceptors (Lipinski definition) is 3. The first-order chi connectivity index (χ1) is 17.0. The van der Waals surface area contributed by atoms with Crippen LogP contribution in [0.1, 0.15) is 60.9 Å². The second kappa shape index (κ2) is 9.82. The maximum atomic E-state index is 13.0. The van der Waals surface area contributed by atoms with Crippen molar-refractivity contribution in [2.45, 2.75) is 51.6 Å². The summed E-state index contributed by atoms with van der Waals surface area (Å²) in [4.78, 5) is 27.6. The molecule has 0 aromatic heterocycles. The predicted molar refractivity (Wildman–Crippen MR) is 138 cm³/mol. The average Bonchev–Trinajstić information content (AvgIpc) is 3.02. The van der Waals surface area contributed by atoms with E-state index in [0.29, 0.717) is 23.9 Å². The molecule has 5 rings (SSSR count). The molecular weight excluding hydrogens is 438 g/mol. The topological polar surface area (TPSA) is 70.7 Å². The van der Waals surface area contributed by atoms with Gasteiger partial charge in [0.25, 0.3) is 5.91 Å². The number of hydrogen-bond donors (Lipinski definition) is 2. The number of ether oxygens (including phenoxy) is 1. The molecule has 3 aromatic carbocycles. The number of urea groups is 1. The van der Waals surface area contributed by atoms with Crippen molar-refractivity contribution in [1.82, 2.24) is 4.90 Å². The highest BCUT2D eigenvalue weighted by molar-refractivity contribution is 5.99. The van der Waals surface area contributed by atoms with Crippen molar-refractivity contribution in [1.29, 1.82) is 0 Å². The summed E-state index contributed by atoms with van der Waals surface area (Å²) < 4.78 is 5.84. The highest BCUT2D eigenvalue weighted by atomic mass is 16.5. The van der Waals surface area contributed by atoms with Gasteiger partial charge in [0.05, 0.1) is 12.6 Å². The second-order valence-electron chi connectivity index (χ2n) is 9.60. The molecule has 1 aliphatic carbocycles. The molecule has 6 nitrogen and oxygen atoms in total. The SMILES string of the molecule is CC(C)c1ccc(NC(=O)Nc2ccc3c(c2)CN(C2CCCc4ccccc42)C(=O)CO3)cc1. The fraction of sp³-hybridized carbons (Fsp3) is 0.310. The van der Waals surface area contributed by atoms with Crippen LogP contribution < -0.4 is 15.4 Å². The number of aryl methyl sites for hydroxylation is 1. The van der Waals surface area contributed by atoms with Crippen LogP contribution in [0.3, 0.4) is 0 Å². The van der Waals surface area contributed by atoms with Gasteiger partial charge in [-0.05, 0) is 72.2 Å². The molecule has 3 aromatic rings. The molecule has 0 saturated carbocycles. The van der Waals surface area contributed by atoms with Gasteiger partial charge < -0.3 is 20.3 Å². The van der Waals surface area contributed by atoms with Gasteiger partial charge in [0.15, 0.2) is 6.61 Å². The number of nitrogens with one attached hydrogen (secondary N) is 2. The van der Waals surface area contributed by atoms with Crippen LogP contribution in [0.2, 0.25) is 0 Å². The van der Waals surface area contributed by atoms with E-state index in [1.165, 1.54) is 16.7 Å². The minimum Gasteiger partial charge on any atom is -0.483 e. The third-order valence-electron chi connectivity index (χ3n) is 6.88. The molecule has 1 atom stereocenters. The average molecular weight is 470 g/mol. The van der Waals surface area contributed by atoms with Crippen LogP contribution >= 0.6 is 0 Å². The number of benzene rings is 3. The zero-order valence-electron chi connectivity index (χ0n) is 20.2. The van der Waals surface area contributed by atoms with Crippen LogP contribution in [0.15, 0.2) is 66.7 Å². The third-order valence-corrected chi connectivity index (χ3v) is 6.88. The van der Waals surface area contributed by atoms with Crippen LogP contribution in [-0.4, -0.2) is 23.4 Å². The van der Waals surface area contributed by atoms with Crippen LogP contribution in [0.4, 0.5) is 16.2 Å². The Hall–Kier alpha value is -3.80. The molecule has 2 N–H and O–H groups in total. The molecule has 0 saturated heterocycles. The Morgan fingerprint density at radius 3 is 2.51 bits per heavy atom. The van der Waals surface area contributed by atoms with E-state index in [9.17, 15) is 9.59 Å². The lowest BCUT2D eigenvalue weighted by Gasteiger charge is -2.35. The maximum absolute atomic E-state index is 13.0. The molecule has 0 fully saturated rings. The summed E-state index contributed by atoms with van der Waals surface area (Å²) in [6.45, 7) is 4.74. The Bertz CT molecular complexity index is 1240. The summed E-state index contributed by atoms with van der Waals surface area (Å²) in [6.07, 6.45) is 3.04. The van der Waals surface area contributed by atoms with Crippen molar-refractivity contribution in [3.05, 3.63) is 89.0 Å². The number of rotatable bonds is 4. The lowest BCUT2D eigenvalue weighted by Crippen LogP contribution is -2.37. The zero-order valence-corrected chi connectivity index (χ0v) is 20.2. The van der Waals surface area contributed by atoms with E-state index in [-0.39, 0.29) is 24.6 Å². The molecule has 6 heteroatoms. The smallest absolute Gasteiger partial charge is 0.323 e. The Balaban J connectivity index is 1.32. The Kier molecular flexibility index (Phi) is 6.45. The minimum absolute atomic E-state index is 0.0139. The quantitative estimate of drug-likeness (QED) is 0.474. The van der Waals surface area contributed by atoms with Crippen molar-refractivity contribution < 1.29 is 14.3 Å². The van der Waals surface area contributed by atoms with Crippen molar-refractivity contribution in [2.24, 2.45) is 0 Å². The van der Waals surface area contributed by atoms with Gasteiger partial charge in [-0.2, -0.15) is 0 Å². The Morgan fingerprint density at radius 1 is 0.971 bits per heavy atom. The lowest BCUT2D eigenvalue weighted by atomic mass is 9.86. The molecule has 1 heterocycles. The fourth-order valence-electron chi connectivity index (χ4n) is 5.00. The normalized spacial score (nSPS) is 17.2. The van der Waals surface area contributed by atoms with E-state index in [1.807, 2.05) is 47.4 Å². The van der Waals surface area contributed by atoms with Gasteiger partial charge in [-0.25, -0.2) is 4.79 Å². The number of anilines is 2. The Labute approximate surface area is 206 Å². The van der Waals surface area contributed by atoms with Gasteiger partial charge >= 0.3 is 6.03 Å². The molecule has 35 heavy (non-hydrogen) atoms. The van der Waals surface area contributed by atoms with E-state index in [1.54, 1.807) is 6.07 Å². The summed E-state index contributed by atoms with van der Waals surface area (Å²) >= 11 is 0. The van der Waals surface area contributed by atoms with Crippen molar-refractivity contribution in [2.75, 3.05) is 17.2 Å². The van der Waals surface area contributed by atoms with Crippen LogP contribution in [0.5, 0.6) is 5.75 Å². The van der Waals surface area contributed by atoms with Crippen molar-refractivity contribution in [3.8, 4) is 5.75 Å². The Morgan fingerprint density at radius 2 is 1.71 bits per heavy atom. The van der Waals surface area contributed by atoms with E-state index in [0.717, 1.165) is 30.5 Å². The molecular formula is C29H31N3O3. The van der Waals surface area contributed by atoms with Crippen molar-refractivity contribution in [3.63, 3.8) is 0 Å². The van der Waals surface area contributed by atoms with E-state index in [2.05, 4.69) is 42.7 Å². The van der Waals surface area contributed by atoms with Crippen LogP contribution in [0.25, 0.3) is 0 Å². The van der Waals surface area contributed by atoms with Gasteiger partial charge in [0.1, 0.15) is 5.75 Å². The van der Waals surface area contributed by atoms with Gasteiger partial charge in [-0.15, -0.1) is 0 Å².